The third-order valence-electron chi connectivity index (χ3n) is 2.58. The molecule has 0 atom stereocenters. The van der Waals surface area contributed by atoms with Gasteiger partial charge in [-0.1, -0.05) is 17.7 Å². The second-order valence-corrected chi connectivity index (χ2v) is 5.88. The number of nitrogens with zero attached hydrogens (tertiary/aromatic N) is 2. The molecule has 10 heteroatoms. The van der Waals surface area contributed by atoms with Gasteiger partial charge in [0, 0.05) is 0 Å². The molecule has 20 heavy (non-hydrogen) atoms. The standard InChI is InChI=1S/C10H12N2O7S/c1-8-3-5-9(6-4-8)20(17,18)19-7-10(2,11(13)14)12(15)16/h3-6H,7H2,1-2H3. The Balaban J connectivity index is 2.95. The van der Waals surface area contributed by atoms with E-state index in [2.05, 4.69) is 4.18 Å². The van der Waals surface area contributed by atoms with Crippen LogP contribution in [0.2, 0.25) is 0 Å². The molecule has 0 amide bonds. The number of nitro groups is 2. The van der Waals surface area contributed by atoms with Gasteiger partial charge in [-0.25, -0.2) is 0 Å². The summed E-state index contributed by atoms with van der Waals surface area (Å²) in [5, 5.41) is 21.3. The van der Waals surface area contributed by atoms with E-state index < -0.39 is 32.2 Å². The minimum absolute atomic E-state index is 0.225. The highest BCUT2D eigenvalue weighted by Crippen LogP contribution is 2.17. The smallest absolute Gasteiger partial charge is 0.258 e. The third kappa shape index (κ3) is 3.27. The number of hydrogen-bond donors (Lipinski definition) is 0. The summed E-state index contributed by atoms with van der Waals surface area (Å²) < 4.78 is 28.0. The summed E-state index contributed by atoms with van der Waals surface area (Å²) in [7, 11) is -4.29. The van der Waals surface area contributed by atoms with Crippen LogP contribution in [0.5, 0.6) is 0 Å². The molecule has 0 aromatic heterocycles. The van der Waals surface area contributed by atoms with E-state index in [9.17, 15) is 28.6 Å². The minimum Gasteiger partial charge on any atom is -0.258 e. The van der Waals surface area contributed by atoms with Crippen molar-refractivity contribution in [3.05, 3.63) is 50.1 Å². The van der Waals surface area contributed by atoms with Crippen molar-refractivity contribution < 1.29 is 22.4 Å². The molecule has 0 aliphatic carbocycles. The van der Waals surface area contributed by atoms with Crippen molar-refractivity contribution in [1.29, 1.82) is 0 Å². The van der Waals surface area contributed by atoms with E-state index in [0.29, 0.717) is 6.92 Å². The molecule has 110 valence electrons. The van der Waals surface area contributed by atoms with Gasteiger partial charge >= 0.3 is 5.66 Å². The van der Waals surface area contributed by atoms with Crippen LogP contribution in [0.4, 0.5) is 0 Å². The Kier molecular flexibility index (Phi) is 4.40. The van der Waals surface area contributed by atoms with Crippen LogP contribution in [0.15, 0.2) is 29.2 Å². The maximum atomic E-state index is 11.8. The van der Waals surface area contributed by atoms with Gasteiger partial charge in [0.1, 0.15) is 9.85 Å². The molecular formula is C10H12N2O7S. The summed E-state index contributed by atoms with van der Waals surface area (Å²) in [6.45, 7) is 1.23. The Morgan fingerprint density at radius 3 is 2.00 bits per heavy atom. The highest BCUT2D eigenvalue weighted by Gasteiger charge is 2.52. The second kappa shape index (κ2) is 5.51. The van der Waals surface area contributed by atoms with Gasteiger partial charge in [0.25, 0.3) is 10.1 Å². The van der Waals surface area contributed by atoms with E-state index in [1.54, 1.807) is 6.92 Å². The van der Waals surface area contributed by atoms with Gasteiger partial charge in [-0.05, 0) is 19.1 Å². The zero-order valence-electron chi connectivity index (χ0n) is 10.7. The highest BCUT2D eigenvalue weighted by atomic mass is 32.2. The maximum Gasteiger partial charge on any atom is 0.479 e. The first-order valence-electron chi connectivity index (χ1n) is 5.35. The predicted molar refractivity (Wildman–Crippen MR) is 66.7 cm³/mol. The fourth-order valence-electron chi connectivity index (χ4n) is 1.13. The van der Waals surface area contributed by atoms with Gasteiger partial charge in [0.15, 0.2) is 0 Å². The Morgan fingerprint density at radius 2 is 1.60 bits per heavy atom. The average Bonchev–Trinajstić information content (AvgIpc) is 2.36. The zero-order chi connectivity index (χ0) is 15.6. The summed E-state index contributed by atoms with van der Waals surface area (Å²) in [5.41, 5.74) is -1.91. The van der Waals surface area contributed by atoms with Crippen LogP contribution >= 0.6 is 0 Å². The SMILES string of the molecule is Cc1ccc(S(=O)(=O)OCC(C)([N+](=O)[O-])[N+](=O)[O-])cc1. The second-order valence-electron chi connectivity index (χ2n) is 4.26. The third-order valence-corrected chi connectivity index (χ3v) is 3.86. The van der Waals surface area contributed by atoms with E-state index in [4.69, 9.17) is 0 Å². The summed E-state index contributed by atoms with van der Waals surface area (Å²) in [6, 6.07) is 5.52. The summed E-state index contributed by atoms with van der Waals surface area (Å²) in [6.07, 6.45) is 0. The molecule has 1 aromatic carbocycles. The van der Waals surface area contributed by atoms with Crippen molar-refractivity contribution in [3.63, 3.8) is 0 Å². The van der Waals surface area contributed by atoms with Crippen LogP contribution in [-0.2, 0) is 14.3 Å². The molecule has 0 spiro atoms. The van der Waals surface area contributed by atoms with Crippen molar-refractivity contribution in [1.82, 2.24) is 0 Å². The van der Waals surface area contributed by atoms with E-state index in [1.165, 1.54) is 24.3 Å². The van der Waals surface area contributed by atoms with Crippen LogP contribution in [-0.4, -0.2) is 30.5 Å². The molecule has 0 fully saturated rings. The van der Waals surface area contributed by atoms with Crippen LogP contribution in [0.3, 0.4) is 0 Å². The molecule has 0 bridgehead atoms. The Bertz CT molecular complexity index is 610. The van der Waals surface area contributed by atoms with E-state index in [0.717, 1.165) is 5.56 Å². The van der Waals surface area contributed by atoms with Crippen molar-refractivity contribution in [2.45, 2.75) is 24.4 Å². The molecule has 9 nitrogen and oxygen atoms in total. The van der Waals surface area contributed by atoms with Gasteiger partial charge in [0.05, 0.1) is 11.8 Å². The molecule has 1 aromatic rings. The lowest BCUT2D eigenvalue weighted by Gasteiger charge is -2.12. The monoisotopic (exact) mass is 304 g/mol. The molecule has 0 radical (unpaired) electrons. The summed E-state index contributed by atoms with van der Waals surface area (Å²) in [4.78, 5) is 18.7. The number of hydrogen-bond acceptors (Lipinski definition) is 7. The number of benzene rings is 1. The lowest BCUT2D eigenvalue weighted by Crippen LogP contribution is -2.47. The normalized spacial score (nSPS) is 12.1. The maximum absolute atomic E-state index is 11.8. The molecule has 1 rings (SSSR count). The molecule has 0 saturated carbocycles. The number of rotatable bonds is 6. The Hall–Kier alpha value is -2.07. The van der Waals surface area contributed by atoms with Crippen molar-refractivity contribution in [2.75, 3.05) is 6.61 Å². The molecular weight excluding hydrogens is 292 g/mol. The highest BCUT2D eigenvalue weighted by molar-refractivity contribution is 7.86. The van der Waals surface area contributed by atoms with Gasteiger partial charge in [0.2, 0.25) is 6.61 Å². The fourth-order valence-corrected chi connectivity index (χ4v) is 2.12. The first kappa shape index (κ1) is 16.0. The van der Waals surface area contributed by atoms with E-state index in [-0.39, 0.29) is 4.90 Å². The van der Waals surface area contributed by atoms with Crippen LogP contribution in [0.25, 0.3) is 0 Å². The molecule has 0 N–H and O–H groups in total. The number of aryl methyl sites for hydroxylation is 1. The molecule has 0 aliphatic rings. The first-order chi connectivity index (χ1) is 9.09. The average molecular weight is 304 g/mol. The van der Waals surface area contributed by atoms with E-state index in [1.807, 2.05) is 0 Å². The Labute approximate surface area is 114 Å². The molecule has 0 aliphatic heterocycles. The fraction of sp³-hybridized carbons (Fsp3) is 0.400. The predicted octanol–water partition coefficient (Wildman–Crippen LogP) is 0.970. The lowest BCUT2D eigenvalue weighted by molar-refractivity contribution is -0.792. The summed E-state index contributed by atoms with van der Waals surface area (Å²) in [5.74, 6) is 0. The molecule has 0 unspecified atom stereocenters. The van der Waals surface area contributed by atoms with Gasteiger partial charge in [-0.2, -0.15) is 8.42 Å². The topological polar surface area (TPSA) is 130 Å². The van der Waals surface area contributed by atoms with Gasteiger partial charge in [-0.15, -0.1) is 0 Å². The molecule has 0 saturated heterocycles. The lowest BCUT2D eigenvalue weighted by atomic mass is 10.2. The summed E-state index contributed by atoms with van der Waals surface area (Å²) >= 11 is 0. The zero-order valence-corrected chi connectivity index (χ0v) is 11.5. The van der Waals surface area contributed by atoms with Crippen LogP contribution in [0.1, 0.15) is 12.5 Å². The van der Waals surface area contributed by atoms with Crippen LogP contribution < -0.4 is 0 Å². The van der Waals surface area contributed by atoms with Crippen molar-refractivity contribution in [3.8, 4) is 0 Å². The van der Waals surface area contributed by atoms with Gasteiger partial charge < -0.3 is 0 Å². The largest absolute Gasteiger partial charge is 0.479 e. The quantitative estimate of drug-likeness (QED) is 0.331. The van der Waals surface area contributed by atoms with Crippen molar-refractivity contribution in [2.24, 2.45) is 0 Å². The van der Waals surface area contributed by atoms with E-state index >= 15 is 0 Å². The Morgan fingerprint density at radius 1 is 1.15 bits per heavy atom. The van der Waals surface area contributed by atoms with Gasteiger partial charge in [-0.3, -0.25) is 24.4 Å². The molecule has 0 heterocycles. The van der Waals surface area contributed by atoms with Crippen LogP contribution in [0, 0.1) is 27.2 Å². The van der Waals surface area contributed by atoms with Crippen molar-refractivity contribution >= 4 is 10.1 Å². The minimum atomic E-state index is -4.29. The first-order valence-corrected chi connectivity index (χ1v) is 6.75.